The van der Waals surface area contributed by atoms with Gasteiger partial charge < -0.3 is 5.32 Å². The van der Waals surface area contributed by atoms with Gasteiger partial charge in [-0.05, 0) is 24.0 Å². The molecule has 1 atom stereocenters. The zero-order chi connectivity index (χ0) is 13.0. The molecule has 0 fully saturated rings. The van der Waals surface area contributed by atoms with Crippen LogP contribution in [0.15, 0.2) is 24.3 Å². The lowest BCUT2D eigenvalue weighted by atomic mass is 10.1. The molecule has 0 heterocycles. The minimum absolute atomic E-state index is 0.0328. The van der Waals surface area contributed by atoms with Gasteiger partial charge in [-0.15, -0.1) is 0 Å². The first kappa shape index (κ1) is 13.1. The number of amides is 1. The molecular formula is C14H17NO2S. The fraction of sp³-hybridized carbons (Fsp3) is 0.429. The van der Waals surface area contributed by atoms with Gasteiger partial charge >= 0.3 is 0 Å². The predicted octanol–water partition coefficient (Wildman–Crippen LogP) is 2.46. The third-order valence-corrected chi connectivity index (χ3v) is 3.92. The molecule has 1 aromatic rings. The van der Waals surface area contributed by atoms with Crippen LogP contribution in [0.4, 0.5) is 0 Å². The zero-order valence-electron chi connectivity index (χ0n) is 10.4. The van der Waals surface area contributed by atoms with Crippen molar-refractivity contribution in [1.29, 1.82) is 0 Å². The molecule has 0 aliphatic heterocycles. The van der Waals surface area contributed by atoms with Gasteiger partial charge in [0.05, 0.1) is 6.04 Å². The largest absolute Gasteiger partial charge is 0.349 e. The van der Waals surface area contributed by atoms with Crippen molar-refractivity contribution in [2.45, 2.75) is 32.2 Å². The minimum atomic E-state index is 0.0328. The number of carbonyl (C=O) groups is 2. The van der Waals surface area contributed by atoms with Crippen molar-refractivity contribution in [2.75, 3.05) is 5.75 Å². The van der Waals surface area contributed by atoms with E-state index in [1.807, 2.05) is 12.1 Å². The highest BCUT2D eigenvalue weighted by molar-refractivity contribution is 8.13. The molecule has 0 spiro atoms. The van der Waals surface area contributed by atoms with Crippen LogP contribution in [0.1, 0.15) is 36.9 Å². The fourth-order valence-electron chi connectivity index (χ4n) is 2.26. The Kier molecular flexibility index (Phi) is 4.42. The average Bonchev–Trinajstić information content (AvgIpc) is 2.72. The van der Waals surface area contributed by atoms with E-state index in [-0.39, 0.29) is 17.1 Å². The van der Waals surface area contributed by atoms with Crippen LogP contribution in [0.25, 0.3) is 0 Å². The maximum absolute atomic E-state index is 11.8. The normalized spacial score (nSPS) is 17.3. The molecule has 1 aliphatic rings. The first-order valence-electron chi connectivity index (χ1n) is 6.17. The highest BCUT2D eigenvalue weighted by Crippen LogP contribution is 2.30. The van der Waals surface area contributed by atoms with Crippen molar-refractivity contribution in [2.24, 2.45) is 0 Å². The van der Waals surface area contributed by atoms with Crippen LogP contribution in [0.3, 0.4) is 0 Å². The number of thioether (sulfide) groups is 1. The molecule has 2 rings (SSSR count). The molecule has 3 nitrogen and oxygen atoms in total. The molecule has 0 saturated heterocycles. The van der Waals surface area contributed by atoms with Crippen molar-refractivity contribution in [3.8, 4) is 0 Å². The second-order valence-corrected chi connectivity index (χ2v) is 5.72. The van der Waals surface area contributed by atoms with E-state index in [4.69, 9.17) is 0 Å². The predicted molar refractivity (Wildman–Crippen MR) is 73.4 cm³/mol. The first-order chi connectivity index (χ1) is 8.66. The molecule has 0 radical (unpaired) electrons. The average molecular weight is 263 g/mol. The Morgan fingerprint density at radius 2 is 2.17 bits per heavy atom. The van der Waals surface area contributed by atoms with Crippen LogP contribution in [0.5, 0.6) is 0 Å². The number of hydrogen-bond donors (Lipinski definition) is 1. The van der Waals surface area contributed by atoms with Crippen LogP contribution in [-0.2, 0) is 16.0 Å². The number of hydrogen-bond acceptors (Lipinski definition) is 3. The third kappa shape index (κ3) is 3.35. The van der Waals surface area contributed by atoms with Gasteiger partial charge in [0.2, 0.25) is 5.91 Å². The molecule has 18 heavy (non-hydrogen) atoms. The number of benzene rings is 1. The van der Waals surface area contributed by atoms with Crippen LogP contribution in [-0.4, -0.2) is 16.8 Å². The second-order valence-electron chi connectivity index (χ2n) is 4.45. The van der Waals surface area contributed by atoms with Crippen LogP contribution in [0, 0.1) is 0 Å². The van der Waals surface area contributed by atoms with E-state index in [0.717, 1.165) is 12.8 Å². The summed E-state index contributed by atoms with van der Waals surface area (Å²) in [5.74, 6) is 0.598. The van der Waals surface area contributed by atoms with Crippen LogP contribution >= 0.6 is 11.8 Å². The van der Waals surface area contributed by atoms with Crippen molar-refractivity contribution < 1.29 is 9.59 Å². The molecule has 1 N–H and O–H groups in total. The Bertz CT molecular complexity index is 459. The lowest BCUT2D eigenvalue weighted by Crippen LogP contribution is -2.27. The molecule has 1 unspecified atom stereocenters. The van der Waals surface area contributed by atoms with Crippen LogP contribution < -0.4 is 5.32 Å². The topological polar surface area (TPSA) is 46.2 Å². The number of aryl methyl sites for hydroxylation is 1. The van der Waals surface area contributed by atoms with E-state index < -0.39 is 0 Å². The van der Waals surface area contributed by atoms with Gasteiger partial charge in [-0.1, -0.05) is 36.0 Å². The summed E-state index contributed by atoms with van der Waals surface area (Å²) in [4.78, 5) is 22.5. The highest BCUT2D eigenvalue weighted by atomic mass is 32.2. The smallest absolute Gasteiger partial charge is 0.221 e. The maximum atomic E-state index is 11.8. The monoisotopic (exact) mass is 263 g/mol. The third-order valence-electron chi connectivity index (χ3n) is 3.10. The molecule has 4 heteroatoms. The van der Waals surface area contributed by atoms with E-state index in [9.17, 15) is 9.59 Å². The Labute approximate surface area is 111 Å². The first-order valence-corrected chi connectivity index (χ1v) is 7.16. The van der Waals surface area contributed by atoms with Gasteiger partial charge in [-0.25, -0.2) is 0 Å². The quantitative estimate of drug-likeness (QED) is 0.907. The Hall–Kier alpha value is -1.29. The lowest BCUT2D eigenvalue weighted by molar-refractivity contribution is -0.121. The number of carbonyl (C=O) groups excluding carboxylic acids is 2. The maximum Gasteiger partial charge on any atom is 0.221 e. The Balaban J connectivity index is 1.84. The summed E-state index contributed by atoms with van der Waals surface area (Å²) in [7, 11) is 0. The van der Waals surface area contributed by atoms with Gasteiger partial charge in [-0.2, -0.15) is 0 Å². The molecule has 0 bridgehead atoms. The Morgan fingerprint density at radius 1 is 1.39 bits per heavy atom. The fourth-order valence-corrected chi connectivity index (χ4v) is 2.84. The number of fused-ring (bicyclic) bond motifs is 1. The van der Waals surface area contributed by atoms with Gasteiger partial charge in [0.1, 0.15) is 0 Å². The van der Waals surface area contributed by atoms with Gasteiger partial charge in [0, 0.05) is 19.1 Å². The summed E-state index contributed by atoms with van der Waals surface area (Å²) < 4.78 is 0. The molecule has 1 amide bonds. The van der Waals surface area contributed by atoms with Crippen molar-refractivity contribution in [1.82, 2.24) is 5.32 Å². The van der Waals surface area contributed by atoms with Gasteiger partial charge in [0.15, 0.2) is 5.12 Å². The van der Waals surface area contributed by atoms with E-state index in [1.54, 1.807) is 0 Å². The highest BCUT2D eigenvalue weighted by Gasteiger charge is 2.22. The lowest BCUT2D eigenvalue weighted by Gasteiger charge is -2.13. The minimum Gasteiger partial charge on any atom is -0.349 e. The van der Waals surface area contributed by atoms with E-state index in [1.165, 1.54) is 29.8 Å². The Morgan fingerprint density at radius 3 is 2.94 bits per heavy atom. The summed E-state index contributed by atoms with van der Waals surface area (Å²) in [6.07, 6.45) is 2.41. The summed E-state index contributed by atoms with van der Waals surface area (Å²) in [6, 6.07) is 8.39. The van der Waals surface area contributed by atoms with Crippen molar-refractivity contribution in [3.05, 3.63) is 35.4 Å². The summed E-state index contributed by atoms with van der Waals surface area (Å²) in [5.41, 5.74) is 2.57. The molecule has 0 aromatic heterocycles. The molecule has 0 saturated carbocycles. The van der Waals surface area contributed by atoms with E-state index in [0.29, 0.717) is 12.2 Å². The SMILES string of the molecule is CC(=O)SCCC(=O)NC1CCc2ccccc21. The summed E-state index contributed by atoms with van der Waals surface area (Å²) in [6.45, 7) is 1.52. The zero-order valence-corrected chi connectivity index (χ0v) is 11.3. The second kappa shape index (κ2) is 6.05. The van der Waals surface area contributed by atoms with Crippen LogP contribution in [0.2, 0.25) is 0 Å². The van der Waals surface area contributed by atoms with Gasteiger partial charge in [-0.3, -0.25) is 9.59 Å². The molecular weight excluding hydrogens is 246 g/mol. The van der Waals surface area contributed by atoms with Crippen molar-refractivity contribution >= 4 is 22.8 Å². The molecule has 1 aromatic carbocycles. The molecule has 96 valence electrons. The molecule has 1 aliphatic carbocycles. The van der Waals surface area contributed by atoms with E-state index in [2.05, 4.69) is 17.4 Å². The summed E-state index contributed by atoms with van der Waals surface area (Å²) >= 11 is 1.20. The van der Waals surface area contributed by atoms with E-state index >= 15 is 0 Å². The number of nitrogens with one attached hydrogen (secondary N) is 1. The standard InChI is InChI=1S/C14H17NO2S/c1-10(16)18-9-8-14(17)15-13-7-6-11-4-2-3-5-12(11)13/h2-5,13H,6-9H2,1H3,(H,15,17). The van der Waals surface area contributed by atoms with Gasteiger partial charge in [0.25, 0.3) is 0 Å². The summed E-state index contributed by atoms with van der Waals surface area (Å²) in [5, 5.41) is 3.11. The van der Waals surface area contributed by atoms with Crippen molar-refractivity contribution in [3.63, 3.8) is 0 Å². The number of rotatable bonds is 4.